The molecule has 0 aliphatic heterocycles. The quantitative estimate of drug-likeness (QED) is 0.676. The third-order valence-corrected chi connectivity index (χ3v) is 2.21. The second kappa shape index (κ2) is 6.12. The summed E-state index contributed by atoms with van der Waals surface area (Å²) in [6.07, 6.45) is 1.38. The summed E-state index contributed by atoms with van der Waals surface area (Å²) < 4.78 is 0. The van der Waals surface area contributed by atoms with Crippen LogP contribution in [-0.2, 0) is 11.3 Å². The predicted molar refractivity (Wildman–Crippen MR) is 63.2 cm³/mol. The van der Waals surface area contributed by atoms with Crippen LogP contribution in [-0.4, -0.2) is 11.5 Å². The first-order valence-electron chi connectivity index (χ1n) is 5.22. The van der Waals surface area contributed by atoms with Crippen molar-refractivity contribution in [3.8, 4) is 0 Å². The van der Waals surface area contributed by atoms with Crippen LogP contribution in [0.15, 0.2) is 35.3 Å². The van der Waals surface area contributed by atoms with E-state index in [0.29, 0.717) is 13.0 Å². The van der Waals surface area contributed by atoms with Crippen LogP contribution in [0.25, 0.3) is 0 Å². The Morgan fingerprint density at radius 1 is 1.13 bits per heavy atom. The Kier molecular flexibility index (Phi) is 4.75. The summed E-state index contributed by atoms with van der Waals surface area (Å²) in [7, 11) is 0. The molecular weight excluding hydrogens is 186 g/mol. The van der Waals surface area contributed by atoms with E-state index in [-0.39, 0.29) is 5.78 Å². The standard InChI is InChI=1S/C13H17NO/c1-11(8-9-12(2)15)14-10-13-6-4-3-5-7-13/h3-7H,8-10H2,1-2H3. The molecular formula is C13H17NO. The van der Waals surface area contributed by atoms with Gasteiger partial charge in [0, 0.05) is 12.1 Å². The molecule has 0 aliphatic carbocycles. The number of hydrogen-bond donors (Lipinski definition) is 0. The topological polar surface area (TPSA) is 29.4 Å². The molecule has 80 valence electrons. The number of rotatable bonds is 5. The van der Waals surface area contributed by atoms with E-state index < -0.39 is 0 Å². The van der Waals surface area contributed by atoms with Gasteiger partial charge in [0.2, 0.25) is 0 Å². The van der Waals surface area contributed by atoms with Gasteiger partial charge < -0.3 is 4.79 Å². The summed E-state index contributed by atoms with van der Waals surface area (Å²) in [5, 5.41) is 0. The third kappa shape index (κ3) is 5.11. The maximum Gasteiger partial charge on any atom is 0.130 e. The molecule has 0 bridgehead atoms. The number of carbonyl (C=O) groups is 1. The minimum atomic E-state index is 0.226. The number of nitrogens with zero attached hydrogens (tertiary/aromatic N) is 1. The molecule has 0 heterocycles. The van der Waals surface area contributed by atoms with Crippen molar-refractivity contribution in [2.75, 3.05) is 0 Å². The van der Waals surface area contributed by atoms with Crippen molar-refractivity contribution < 1.29 is 4.79 Å². The highest BCUT2D eigenvalue weighted by Crippen LogP contribution is 2.02. The third-order valence-electron chi connectivity index (χ3n) is 2.21. The number of benzene rings is 1. The lowest BCUT2D eigenvalue weighted by molar-refractivity contribution is -0.116. The zero-order valence-electron chi connectivity index (χ0n) is 9.36. The highest BCUT2D eigenvalue weighted by molar-refractivity contribution is 5.86. The van der Waals surface area contributed by atoms with Crippen molar-refractivity contribution in [3.05, 3.63) is 35.9 Å². The Labute approximate surface area is 91.0 Å². The Morgan fingerprint density at radius 2 is 1.80 bits per heavy atom. The van der Waals surface area contributed by atoms with Crippen LogP contribution in [0.1, 0.15) is 32.3 Å². The summed E-state index contributed by atoms with van der Waals surface area (Å²) in [6, 6.07) is 10.1. The van der Waals surface area contributed by atoms with Crippen LogP contribution < -0.4 is 0 Å². The minimum absolute atomic E-state index is 0.226. The molecule has 0 saturated carbocycles. The number of hydrogen-bond acceptors (Lipinski definition) is 2. The van der Waals surface area contributed by atoms with E-state index in [2.05, 4.69) is 17.1 Å². The van der Waals surface area contributed by atoms with E-state index >= 15 is 0 Å². The van der Waals surface area contributed by atoms with Gasteiger partial charge in [-0.05, 0) is 25.8 Å². The number of Topliss-reactive ketones (excluding diaryl/α,β-unsaturated/α-hetero) is 1. The molecule has 0 atom stereocenters. The highest BCUT2D eigenvalue weighted by atomic mass is 16.1. The molecule has 0 radical (unpaired) electrons. The molecule has 1 rings (SSSR count). The van der Waals surface area contributed by atoms with E-state index in [4.69, 9.17) is 0 Å². The van der Waals surface area contributed by atoms with Crippen molar-refractivity contribution in [3.63, 3.8) is 0 Å². The molecule has 1 aromatic carbocycles. The van der Waals surface area contributed by atoms with E-state index in [0.717, 1.165) is 12.1 Å². The molecule has 0 fully saturated rings. The summed E-state index contributed by atoms with van der Waals surface area (Å²) in [4.78, 5) is 15.2. The van der Waals surface area contributed by atoms with Crippen LogP contribution in [0.5, 0.6) is 0 Å². The average Bonchev–Trinajstić information content (AvgIpc) is 2.25. The first-order valence-corrected chi connectivity index (χ1v) is 5.22. The van der Waals surface area contributed by atoms with Gasteiger partial charge in [-0.3, -0.25) is 4.99 Å². The van der Waals surface area contributed by atoms with Gasteiger partial charge in [-0.15, -0.1) is 0 Å². The van der Waals surface area contributed by atoms with E-state index in [1.165, 1.54) is 5.56 Å². The predicted octanol–water partition coefficient (Wildman–Crippen LogP) is 3.02. The van der Waals surface area contributed by atoms with E-state index in [9.17, 15) is 4.79 Å². The summed E-state index contributed by atoms with van der Waals surface area (Å²) >= 11 is 0. The molecule has 0 saturated heterocycles. The van der Waals surface area contributed by atoms with Crippen molar-refractivity contribution in [2.24, 2.45) is 4.99 Å². The van der Waals surface area contributed by atoms with E-state index in [1.807, 2.05) is 25.1 Å². The van der Waals surface area contributed by atoms with Crippen molar-refractivity contribution >= 4 is 11.5 Å². The van der Waals surface area contributed by atoms with Crippen LogP contribution in [0.4, 0.5) is 0 Å². The number of carbonyl (C=O) groups excluding carboxylic acids is 1. The lowest BCUT2D eigenvalue weighted by Gasteiger charge is -1.99. The van der Waals surface area contributed by atoms with Gasteiger partial charge in [0.25, 0.3) is 0 Å². The van der Waals surface area contributed by atoms with Crippen LogP contribution in [0.2, 0.25) is 0 Å². The molecule has 0 aromatic heterocycles. The van der Waals surface area contributed by atoms with Crippen molar-refractivity contribution in [1.29, 1.82) is 0 Å². The SMILES string of the molecule is CC(=O)CCC(C)=NCc1ccccc1. The maximum atomic E-state index is 10.8. The van der Waals surface area contributed by atoms with Gasteiger partial charge in [-0.2, -0.15) is 0 Å². The number of aliphatic imine (C=N–C) groups is 1. The monoisotopic (exact) mass is 203 g/mol. The Bertz CT molecular complexity index is 341. The Hall–Kier alpha value is -1.44. The molecule has 15 heavy (non-hydrogen) atoms. The van der Waals surface area contributed by atoms with Crippen LogP contribution in [0.3, 0.4) is 0 Å². The first-order chi connectivity index (χ1) is 7.18. The van der Waals surface area contributed by atoms with Gasteiger partial charge in [0.1, 0.15) is 5.78 Å². The fourth-order valence-corrected chi connectivity index (χ4v) is 1.25. The molecule has 0 amide bonds. The van der Waals surface area contributed by atoms with Crippen molar-refractivity contribution in [2.45, 2.75) is 33.2 Å². The summed E-state index contributed by atoms with van der Waals surface area (Å²) in [5.41, 5.74) is 2.26. The lowest BCUT2D eigenvalue weighted by atomic mass is 10.2. The summed E-state index contributed by atoms with van der Waals surface area (Å²) in [6.45, 7) is 4.31. The Morgan fingerprint density at radius 3 is 2.40 bits per heavy atom. The molecule has 0 N–H and O–H groups in total. The van der Waals surface area contributed by atoms with E-state index in [1.54, 1.807) is 6.92 Å². The second-order valence-corrected chi connectivity index (χ2v) is 3.74. The van der Waals surface area contributed by atoms with Crippen LogP contribution >= 0.6 is 0 Å². The zero-order chi connectivity index (χ0) is 11.1. The molecule has 2 heteroatoms. The van der Waals surface area contributed by atoms with Gasteiger partial charge in [-0.25, -0.2) is 0 Å². The fraction of sp³-hybridized carbons (Fsp3) is 0.385. The van der Waals surface area contributed by atoms with Gasteiger partial charge in [0.05, 0.1) is 6.54 Å². The second-order valence-electron chi connectivity index (χ2n) is 3.74. The molecule has 0 aliphatic rings. The maximum absolute atomic E-state index is 10.8. The summed E-state index contributed by atoms with van der Waals surface area (Å²) in [5.74, 6) is 0.226. The average molecular weight is 203 g/mol. The fourth-order valence-electron chi connectivity index (χ4n) is 1.25. The largest absolute Gasteiger partial charge is 0.300 e. The number of ketones is 1. The Balaban J connectivity index is 2.40. The first kappa shape index (κ1) is 11.6. The smallest absolute Gasteiger partial charge is 0.130 e. The lowest BCUT2D eigenvalue weighted by Crippen LogP contribution is -1.98. The van der Waals surface area contributed by atoms with Crippen LogP contribution in [0, 0.1) is 0 Å². The minimum Gasteiger partial charge on any atom is -0.300 e. The van der Waals surface area contributed by atoms with Crippen molar-refractivity contribution in [1.82, 2.24) is 0 Å². The molecule has 0 unspecified atom stereocenters. The van der Waals surface area contributed by atoms with Gasteiger partial charge >= 0.3 is 0 Å². The molecule has 2 nitrogen and oxygen atoms in total. The van der Waals surface area contributed by atoms with Gasteiger partial charge in [0.15, 0.2) is 0 Å². The highest BCUT2D eigenvalue weighted by Gasteiger charge is 1.96. The zero-order valence-corrected chi connectivity index (χ0v) is 9.36. The van der Waals surface area contributed by atoms with Gasteiger partial charge in [-0.1, -0.05) is 30.3 Å². The molecule has 0 spiro atoms. The normalized spacial score (nSPS) is 11.5. The molecule has 1 aromatic rings.